The fourth-order valence-corrected chi connectivity index (χ4v) is 5.16. The number of aliphatic hydroxyl groups is 1. The number of aryl methyl sites for hydroxylation is 1. The number of nitrogens with zero attached hydrogens (tertiary/aromatic N) is 2. The molecule has 198 valence electrons. The number of Topliss-reactive ketones (excluding diaryl/α,β-unsaturated/α-hetero) is 1. The molecule has 2 N–H and O–H groups in total. The van der Waals surface area contributed by atoms with Crippen molar-refractivity contribution >= 4 is 35.0 Å². The van der Waals surface area contributed by atoms with E-state index in [4.69, 9.17) is 21.1 Å². The lowest BCUT2D eigenvalue weighted by Crippen LogP contribution is -2.38. The second-order valence-corrected chi connectivity index (χ2v) is 9.63. The highest BCUT2D eigenvalue weighted by atomic mass is 35.5. The molecular formula is C27H32ClN3O6. The number of ether oxygens (including phenoxy) is 2. The third-order valence-electron chi connectivity index (χ3n) is 6.86. The SMILES string of the molecule is CCOC(=O)c1[nH]c(C)c(/C(O)=C2\C(=O)C(=O)N(CCCN3CCOCC3)C2c2ccc(Cl)cc2)c1C. The van der Waals surface area contributed by atoms with Gasteiger partial charge in [-0.15, -0.1) is 0 Å². The Hall–Kier alpha value is -3.14. The van der Waals surface area contributed by atoms with E-state index in [-0.39, 0.29) is 23.6 Å². The summed E-state index contributed by atoms with van der Waals surface area (Å²) in [4.78, 5) is 45.7. The number of aromatic amines is 1. The number of benzene rings is 1. The number of amides is 1. The fraction of sp³-hybridized carbons (Fsp3) is 0.444. The maximum Gasteiger partial charge on any atom is 0.355 e. The quantitative estimate of drug-likeness (QED) is 0.232. The van der Waals surface area contributed by atoms with Crippen LogP contribution in [0.3, 0.4) is 0 Å². The monoisotopic (exact) mass is 529 g/mol. The summed E-state index contributed by atoms with van der Waals surface area (Å²) in [5, 5.41) is 12.0. The molecule has 0 saturated carbocycles. The number of H-pyrrole nitrogens is 1. The van der Waals surface area contributed by atoms with Crippen molar-refractivity contribution in [3.8, 4) is 0 Å². The summed E-state index contributed by atoms with van der Waals surface area (Å²) in [5.41, 5.74) is 2.09. The van der Waals surface area contributed by atoms with Gasteiger partial charge in [0.1, 0.15) is 11.5 Å². The van der Waals surface area contributed by atoms with Crippen molar-refractivity contribution in [2.45, 2.75) is 33.2 Å². The topological polar surface area (TPSA) is 112 Å². The summed E-state index contributed by atoms with van der Waals surface area (Å²) < 4.78 is 10.5. The Morgan fingerprint density at radius 3 is 2.49 bits per heavy atom. The summed E-state index contributed by atoms with van der Waals surface area (Å²) in [6, 6.07) is 6.10. The summed E-state index contributed by atoms with van der Waals surface area (Å²) in [5.74, 6) is -2.31. The molecule has 2 saturated heterocycles. The second kappa shape index (κ2) is 11.5. The number of aromatic nitrogens is 1. The number of esters is 1. The number of morpholine rings is 1. The molecule has 1 aromatic carbocycles. The number of nitrogens with one attached hydrogen (secondary N) is 1. The zero-order valence-corrected chi connectivity index (χ0v) is 22.1. The molecule has 2 aliphatic heterocycles. The molecule has 1 aromatic heterocycles. The van der Waals surface area contributed by atoms with E-state index in [0.717, 1.165) is 19.6 Å². The van der Waals surface area contributed by atoms with Gasteiger partial charge in [-0.3, -0.25) is 14.5 Å². The molecule has 3 heterocycles. The van der Waals surface area contributed by atoms with Crippen LogP contribution in [0.25, 0.3) is 5.76 Å². The number of hydrogen-bond donors (Lipinski definition) is 2. The predicted octanol–water partition coefficient (Wildman–Crippen LogP) is 3.61. The van der Waals surface area contributed by atoms with Crippen LogP contribution < -0.4 is 0 Å². The lowest BCUT2D eigenvalue weighted by Gasteiger charge is -2.29. The van der Waals surface area contributed by atoms with Crippen LogP contribution in [0.4, 0.5) is 0 Å². The predicted molar refractivity (Wildman–Crippen MR) is 139 cm³/mol. The van der Waals surface area contributed by atoms with Crippen LogP contribution in [0.2, 0.25) is 5.02 Å². The number of aliphatic hydroxyl groups excluding tert-OH is 1. The van der Waals surface area contributed by atoms with Crippen molar-refractivity contribution in [2.75, 3.05) is 46.0 Å². The van der Waals surface area contributed by atoms with Gasteiger partial charge in [0.2, 0.25) is 0 Å². The minimum atomic E-state index is -0.790. The number of hydrogen-bond acceptors (Lipinski definition) is 7. The molecule has 0 radical (unpaired) electrons. The highest BCUT2D eigenvalue weighted by Gasteiger charge is 2.46. The first-order valence-electron chi connectivity index (χ1n) is 12.4. The van der Waals surface area contributed by atoms with E-state index in [2.05, 4.69) is 9.88 Å². The van der Waals surface area contributed by atoms with Gasteiger partial charge in [0.25, 0.3) is 11.7 Å². The zero-order chi connectivity index (χ0) is 26.7. The Balaban J connectivity index is 1.73. The molecule has 0 aliphatic carbocycles. The van der Waals surface area contributed by atoms with Crippen LogP contribution in [0, 0.1) is 13.8 Å². The molecule has 2 fully saturated rings. The van der Waals surface area contributed by atoms with Gasteiger partial charge in [0.05, 0.1) is 31.4 Å². The molecule has 10 heteroatoms. The van der Waals surface area contributed by atoms with Crippen molar-refractivity contribution in [1.82, 2.24) is 14.8 Å². The number of carbonyl (C=O) groups excluding carboxylic acids is 3. The van der Waals surface area contributed by atoms with E-state index in [9.17, 15) is 19.5 Å². The lowest BCUT2D eigenvalue weighted by molar-refractivity contribution is -0.140. The molecule has 2 aromatic rings. The summed E-state index contributed by atoms with van der Waals surface area (Å²) in [6.45, 7) is 9.38. The molecule has 37 heavy (non-hydrogen) atoms. The van der Waals surface area contributed by atoms with Crippen molar-refractivity contribution in [1.29, 1.82) is 0 Å². The second-order valence-electron chi connectivity index (χ2n) is 9.20. The Labute approximate surface area is 221 Å². The first kappa shape index (κ1) is 26.9. The highest BCUT2D eigenvalue weighted by molar-refractivity contribution is 6.46. The first-order valence-corrected chi connectivity index (χ1v) is 12.8. The molecule has 1 unspecified atom stereocenters. The Bertz CT molecular complexity index is 1210. The number of rotatable bonds is 8. The van der Waals surface area contributed by atoms with Crippen LogP contribution in [0.5, 0.6) is 0 Å². The Kier molecular flexibility index (Phi) is 8.36. The van der Waals surface area contributed by atoms with E-state index >= 15 is 0 Å². The number of likely N-dealkylation sites (tertiary alicyclic amines) is 1. The molecule has 9 nitrogen and oxygen atoms in total. The molecule has 1 amide bonds. The van der Waals surface area contributed by atoms with E-state index in [0.29, 0.717) is 53.6 Å². The largest absolute Gasteiger partial charge is 0.507 e. The maximum absolute atomic E-state index is 13.3. The van der Waals surface area contributed by atoms with Crippen molar-refractivity contribution in [3.63, 3.8) is 0 Å². The molecule has 0 bridgehead atoms. The first-order chi connectivity index (χ1) is 17.7. The number of ketones is 1. The minimum absolute atomic E-state index is 0.0145. The third-order valence-corrected chi connectivity index (χ3v) is 7.11. The highest BCUT2D eigenvalue weighted by Crippen LogP contribution is 2.41. The number of carbonyl (C=O) groups is 3. The fourth-order valence-electron chi connectivity index (χ4n) is 5.04. The van der Waals surface area contributed by atoms with E-state index in [1.165, 1.54) is 4.90 Å². The van der Waals surface area contributed by atoms with Gasteiger partial charge in [0.15, 0.2) is 0 Å². The van der Waals surface area contributed by atoms with Crippen LogP contribution >= 0.6 is 11.6 Å². The Morgan fingerprint density at radius 1 is 1.16 bits per heavy atom. The van der Waals surface area contributed by atoms with Crippen molar-refractivity contribution in [3.05, 3.63) is 62.9 Å². The van der Waals surface area contributed by atoms with E-state index in [1.54, 1.807) is 45.0 Å². The maximum atomic E-state index is 13.3. The molecular weight excluding hydrogens is 498 g/mol. The standard InChI is InChI=1S/C27H32ClN3O6/c1-4-37-27(35)22-16(2)20(17(3)29-22)24(32)21-23(18-6-8-19(28)9-7-18)31(26(34)25(21)33)11-5-10-30-12-14-36-15-13-30/h6-9,23,29,32H,4-5,10-15H2,1-3H3/b24-21+. The van der Waals surface area contributed by atoms with Crippen molar-refractivity contribution in [2.24, 2.45) is 0 Å². The molecule has 4 rings (SSSR count). The van der Waals surface area contributed by atoms with Gasteiger partial charge >= 0.3 is 5.97 Å². The van der Waals surface area contributed by atoms with Crippen LogP contribution in [0.1, 0.15) is 52.3 Å². The molecule has 1 atom stereocenters. The van der Waals surface area contributed by atoms with Gasteiger partial charge in [-0.25, -0.2) is 4.79 Å². The van der Waals surface area contributed by atoms with Crippen molar-refractivity contribution < 1.29 is 29.0 Å². The van der Waals surface area contributed by atoms with Gasteiger partial charge in [0, 0.05) is 42.5 Å². The smallest absolute Gasteiger partial charge is 0.355 e. The average molecular weight is 530 g/mol. The zero-order valence-electron chi connectivity index (χ0n) is 21.3. The minimum Gasteiger partial charge on any atom is -0.507 e. The number of halogens is 1. The third kappa shape index (κ3) is 5.44. The summed E-state index contributed by atoms with van der Waals surface area (Å²) >= 11 is 6.10. The van der Waals surface area contributed by atoms with E-state index in [1.807, 2.05) is 0 Å². The van der Waals surface area contributed by atoms with E-state index < -0.39 is 23.7 Å². The van der Waals surface area contributed by atoms with Crippen LogP contribution in [-0.4, -0.2) is 83.5 Å². The van der Waals surface area contributed by atoms with Gasteiger partial charge in [-0.05, 0) is 50.5 Å². The molecule has 0 spiro atoms. The summed E-state index contributed by atoms with van der Waals surface area (Å²) in [7, 11) is 0. The Morgan fingerprint density at radius 2 is 1.84 bits per heavy atom. The molecule has 2 aliphatic rings. The average Bonchev–Trinajstić information content (AvgIpc) is 3.32. The van der Waals surface area contributed by atoms with Gasteiger partial charge < -0.3 is 24.5 Å². The summed E-state index contributed by atoms with van der Waals surface area (Å²) in [6.07, 6.45) is 0.659. The normalized spacial score (nSPS) is 20.0. The van der Waals surface area contributed by atoms with Gasteiger partial charge in [-0.1, -0.05) is 23.7 Å². The van der Waals surface area contributed by atoms with Gasteiger partial charge in [-0.2, -0.15) is 0 Å². The lowest BCUT2D eigenvalue weighted by atomic mass is 9.94. The van der Waals surface area contributed by atoms with Crippen LogP contribution in [0.15, 0.2) is 29.8 Å². The van der Waals surface area contributed by atoms with Crippen LogP contribution in [-0.2, 0) is 19.1 Å².